The fourth-order valence-corrected chi connectivity index (χ4v) is 3.26. The molecule has 1 saturated heterocycles. The summed E-state index contributed by atoms with van der Waals surface area (Å²) in [5, 5.41) is 3.55. The maximum atomic E-state index is 12.0. The molecule has 2 aliphatic heterocycles. The second-order valence-corrected chi connectivity index (χ2v) is 5.97. The van der Waals surface area contributed by atoms with Gasteiger partial charge in [-0.1, -0.05) is 12.1 Å². The molecule has 1 N–H and O–H groups in total. The van der Waals surface area contributed by atoms with Gasteiger partial charge in [0.1, 0.15) is 6.04 Å². The molecule has 1 aromatic rings. The summed E-state index contributed by atoms with van der Waals surface area (Å²) in [6.45, 7) is 3.52. The van der Waals surface area contributed by atoms with Gasteiger partial charge in [-0.25, -0.2) is 0 Å². The highest BCUT2D eigenvalue weighted by atomic mass is 32.1. The summed E-state index contributed by atoms with van der Waals surface area (Å²) < 4.78 is 0. The third kappa shape index (κ3) is 2.26. The number of nitrogens with one attached hydrogen (secondary N) is 1. The summed E-state index contributed by atoms with van der Waals surface area (Å²) in [4.78, 5) is 16.0. The Balaban J connectivity index is 1.82. The summed E-state index contributed by atoms with van der Waals surface area (Å²) in [7, 11) is 2.13. The van der Waals surface area contributed by atoms with Crippen molar-refractivity contribution in [3.63, 3.8) is 0 Å². The van der Waals surface area contributed by atoms with Crippen LogP contribution in [0.4, 0.5) is 5.69 Å². The number of carbonyl (C=O) groups excluding carboxylic acids is 1. The first-order valence-electron chi connectivity index (χ1n) is 7.01. The quantitative estimate of drug-likeness (QED) is 0.840. The third-order valence-electron chi connectivity index (χ3n) is 4.06. The largest absolute Gasteiger partial charge is 0.374 e. The van der Waals surface area contributed by atoms with Crippen molar-refractivity contribution >= 4 is 28.9 Å². The molecule has 0 aliphatic carbocycles. The molecule has 1 amide bonds. The van der Waals surface area contributed by atoms with Gasteiger partial charge < -0.3 is 10.2 Å². The first-order chi connectivity index (χ1) is 9.56. The van der Waals surface area contributed by atoms with Gasteiger partial charge >= 0.3 is 0 Å². The van der Waals surface area contributed by atoms with Gasteiger partial charge in [0.25, 0.3) is 5.91 Å². The normalized spacial score (nSPS) is 22.0. The first-order valence-corrected chi connectivity index (χ1v) is 7.42. The van der Waals surface area contributed by atoms with Gasteiger partial charge in [0, 0.05) is 19.3 Å². The Morgan fingerprint density at radius 2 is 2.25 bits per heavy atom. The Morgan fingerprint density at radius 3 is 2.95 bits per heavy atom. The standard InChI is InChI=1S/C15H19N3OS/c1-10-14(19)18(15(20)16-10)9-11-5-6-13-12(8-11)4-3-7-17(13)2/h5-6,8,10H,3-4,7,9H2,1-2H3,(H,16,20)/t10-/m1/s1. The van der Waals surface area contributed by atoms with Crippen LogP contribution in [-0.4, -0.2) is 35.6 Å². The van der Waals surface area contributed by atoms with Crippen molar-refractivity contribution in [2.45, 2.75) is 32.4 Å². The van der Waals surface area contributed by atoms with E-state index in [1.165, 1.54) is 17.7 Å². The molecule has 0 aromatic heterocycles. The lowest BCUT2D eigenvalue weighted by molar-refractivity contribution is -0.127. The molecule has 0 radical (unpaired) electrons. The van der Waals surface area contributed by atoms with E-state index in [1.807, 2.05) is 6.92 Å². The van der Waals surface area contributed by atoms with Gasteiger partial charge in [0.05, 0.1) is 6.54 Å². The fourth-order valence-electron chi connectivity index (χ4n) is 2.93. The van der Waals surface area contributed by atoms with E-state index in [-0.39, 0.29) is 11.9 Å². The minimum absolute atomic E-state index is 0.0600. The third-order valence-corrected chi connectivity index (χ3v) is 4.40. The van der Waals surface area contributed by atoms with E-state index in [4.69, 9.17) is 12.2 Å². The number of rotatable bonds is 2. The Hall–Kier alpha value is -1.62. The number of hydrogen-bond donors (Lipinski definition) is 1. The van der Waals surface area contributed by atoms with Crippen molar-refractivity contribution in [1.82, 2.24) is 10.2 Å². The van der Waals surface area contributed by atoms with E-state index in [9.17, 15) is 4.79 Å². The number of anilines is 1. The van der Waals surface area contributed by atoms with Crippen LogP contribution in [0.3, 0.4) is 0 Å². The zero-order chi connectivity index (χ0) is 14.3. The lowest BCUT2D eigenvalue weighted by Crippen LogP contribution is -2.30. The van der Waals surface area contributed by atoms with Crippen LogP contribution in [0, 0.1) is 0 Å². The van der Waals surface area contributed by atoms with Crippen molar-refractivity contribution in [1.29, 1.82) is 0 Å². The average molecular weight is 289 g/mol. The Kier molecular flexibility index (Phi) is 3.38. The predicted molar refractivity (Wildman–Crippen MR) is 83.8 cm³/mol. The van der Waals surface area contributed by atoms with Gasteiger partial charge in [0.15, 0.2) is 5.11 Å². The summed E-state index contributed by atoms with van der Waals surface area (Å²) in [6, 6.07) is 6.26. The molecule has 20 heavy (non-hydrogen) atoms. The fraction of sp³-hybridized carbons (Fsp3) is 0.467. The van der Waals surface area contributed by atoms with Crippen LogP contribution in [0.15, 0.2) is 18.2 Å². The second kappa shape index (κ2) is 5.05. The number of hydrogen-bond acceptors (Lipinski definition) is 3. The number of fused-ring (bicyclic) bond motifs is 1. The van der Waals surface area contributed by atoms with Gasteiger partial charge in [0.2, 0.25) is 0 Å². The van der Waals surface area contributed by atoms with E-state index in [2.05, 4.69) is 35.5 Å². The van der Waals surface area contributed by atoms with Gasteiger partial charge in [-0.15, -0.1) is 0 Å². The molecule has 1 atom stereocenters. The molecule has 0 unspecified atom stereocenters. The highest BCUT2D eigenvalue weighted by molar-refractivity contribution is 7.80. The van der Waals surface area contributed by atoms with E-state index < -0.39 is 0 Å². The van der Waals surface area contributed by atoms with Crippen LogP contribution < -0.4 is 10.2 Å². The van der Waals surface area contributed by atoms with E-state index in [1.54, 1.807) is 4.90 Å². The summed E-state index contributed by atoms with van der Waals surface area (Å²) >= 11 is 5.22. The average Bonchev–Trinajstić information content (AvgIpc) is 2.66. The van der Waals surface area contributed by atoms with Crippen LogP contribution in [0.5, 0.6) is 0 Å². The molecule has 1 fully saturated rings. The maximum absolute atomic E-state index is 12.0. The Labute approximate surface area is 124 Å². The highest BCUT2D eigenvalue weighted by Gasteiger charge is 2.32. The molecule has 2 aliphatic rings. The molecule has 0 bridgehead atoms. The van der Waals surface area contributed by atoms with Gasteiger partial charge in [-0.05, 0) is 49.2 Å². The summed E-state index contributed by atoms with van der Waals surface area (Å²) in [6.07, 6.45) is 2.30. The smallest absolute Gasteiger partial charge is 0.251 e. The Morgan fingerprint density at radius 1 is 1.45 bits per heavy atom. The topological polar surface area (TPSA) is 35.6 Å². The Bertz CT molecular complexity index is 572. The number of amides is 1. The molecule has 1 aromatic carbocycles. The van der Waals surface area contributed by atoms with Crippen LogP contribution >= 0.6 is 12.2 Å². The molecule has 4 nitrogen and oxygen atoms in total. The molecule has 2 heterocycles. The zero-order valence-corrected chi connectivity index (χ0v) is 12.7. The van der Waals surface area contributed by atoms with Crippen LogP contribution in [0.25, 0.3) is 0 Å². The number of aryl methyl sites for hydroxylation is 1. The molecule has 106 valence electrons. The molecule has 3 rings (SSSR count). The monoisotopic (exact) mass is 289 g/mol. The van der Waals surface area contributed by atoms with E-state index >= 15 is 0 Å². The minimum atomic E-state index is -0.203. The van der Waals surface area contributed by atoms with Crippen molar-refractivity contribution in [2.75, 3.05) is 18.5 Å². The molecule has 5 heteroatoms. The molecular weight excluding hydrogens is 270 g/mol. The lowest BCUT2D eigenvalue weighted by Gasteiger charge is -2.28. The maximum Gasteiger partial charge on any atom is 0.251 e. The molecule has 0 spiro atoms. The number of benzene rings is 1. The van der Waals surface area contributed by atoms with Crippen molar-refractivity contribution < 1.29 is 4.79 Å². The second-order valence-electron chi connectivity index (χ2n) is 5.58. The van der Waals surface area contributed by atoms with Gasteiger partial charge in [-0.2, -0.15) is 0 Å². The van der Waals surface area contributed by atoms with Crippen LogP contribution in [-0.2, 0) is 17.8 Å². The van der Waals surface area contributed by atoms with Crippen molar-refractivity contribution in [2.24, 2.45) is 0 Å². The zero-order valence-electron chi connectivity index (χ0n) is 11.8. The SMILES string of the molecule is C[C@H]1NC(=S)N(Cc2ccc3c(c2)CCCN3C)C1=O. The number of nitrogens with zero attached hydrogens (tertiary/aromatic N) is 2. The predicted octanol–water partition coefficient (Wildman–Crippen LogP) is 1.67. The van der Waals surface area contributed by atoms with Crippen LogP contribution in [0.1, 0.15) is 24.5 Å². The van der Waals surface area contributed by atoms with Crippen molar-refractivity contribution in [3.8, 4) is 0 Å². The molecule has 0 saturated carbocycles. The molecular formula is C15H19N3OS. The van der Waals surface area contributed by atoms with Gasteiger partial charge in [-0.3, -0.25) is 9.69 Å². The van der Waals surface area contributed by atoms with Crippen molar-refractivity contribution in [3.05, 3.63) is 29.3 Å². The lowest BCUT2D eigenvalue weighted by atomic mass is 9.99. The first kappa shape index (κ1) is 13.4. The van der Waals surface area contributed by atoms with E-state index in [0.717, 1.165) is 18.5 Å². The number of thiocarbonyl (C=S) groups is 1. The minimum Gasteiger partial charge on any atom is -0.374 e. The number of carbonyl (C=O) groups is 1. The summed E-state index contributed by atoms with van der Waals surface area (Å²) in [5.74, 6) is 0.0600. The summed E-state index contributed by atoms with van der Waals surface area (Å²) in [5.41, 5.74) is 3.82. The highest BCUT2D eigenvalue weighted by Crippen LogP contribution is 2.27. The van der Waals surface area contributed by atoms with Crippen LogP contribution in [0.2, 0.25) is 0 Å². The van der Waals surface area contributed by atoms with E-state index in [0.29, 0.717) is 11.7 Å².